The fourth-order valence-corrected chi connectivity index (χ4v) is 3.52. The van der Waals surface area contributed by atoms with E-state index >= 15 is 0 Å². The summed E-state index contributed by atoms with van der Waals surface area (Å²) in [6, 6.07) is 8.09. The quantitative estimate of drug-likeness (QED) is 0.794. The van der Waals surface area contributed by atoms with E-state index in [1.54, 1.807) is 6.20 Å². The van der Waals surface area contributed by atoms with Crippen LogP contribution in [-0.2, 0) is 0 Å². The lowest BCUT2D eigenvalue weighted by atomic mass is 10.1. The molecular weight excluding hydrogens is 316 g/mol. The highest BCUT2D eigenvalue weighted by Gasteiger charge is 2.26. The van der Waals surface area contributed by atoms with Gasteiger partial charge in [-0.25, -0.2) is 4.98 Å². The van der Waals surface area contributed by atoms with Crippen molar-refractivity contribution < 1.29 is 9.53 Å². The van der Waals surface area contributed by atoms with Crippen LogP contribution < -0.4 is 4.74 Å². The van der Waals surface area contributed by atoms with Crippen molar-refractivity contribution in [1.29, 1.82) is 0 Å². The molecule has 25 heavy (non-hydrogen) atoms. The van der Waals surface area contributed by atoms with Crippen molar-refractivity contribution in [2.24, 2.45) is 0 Å². The second kappa shape index (κ2) is 6.63. The summed E-state index contributed by atoms with van der Waals surface area (Å²) in [5.41, 5.74) is 1.56. The largest absolute Gasteiger partial charge is 0.494 e. The van der Waals surface area contributed by atoms with E-state index in [0.29, 0.717) is 18.3 Å². The Morgan fingerprint density at radius 1 is 1.40 bits per heavy atom. The highest BCUT2D eigenvalue weighted by Crippen LogP contribution is 2.25. The number of H-pyrrole nitrogens is 1. The minimum absolute atomic E-state index is 0.0546. The molecular formula is C19H22N4O2. The smallest absolute Gasteiger partial charge is 0.270 e. The van der Waals surface area contributed by atoms with Gasteiger partial charge in [-0.05, 0) is 38.0 Å². The number of nitrogens with zero attached hydrogens (tertiary/aromatic N) is 3. The van der Waals surface area contributed by atoms with Gasteiger partial charge in [-0.15, -0.1) is 0 Å². The number of fused-ring (bicyclic) bond motifs is 1. The molecule has 6 nitrogen and oxygen atoms in total. The van der Waals surface area contributed by atoms with E-state index in [9.17, 15) is 4.79 Å². The average molecular weight is 338 g/mol. The van der Waals surface area contributed by atoms with Crippen LogP contribution in [0.1, 0.15) is 36.3 Å². The minimum Gasteiger partial charge on any atom is -0.494 e. The molecule has 3 heterocycles. The number of likely N-dealkylation sites (tertiary alicyclic amines) is 1. The Balaban J connectivity index is 1.54. The number of imidazole rings is 1. The Morgan fingerprint density at radius 3 is 3.12 bits per heavy atom. The number of amides is 1. The van der Waals surface area contributed by atoms with Gasteiger partial charge in [-0.3, -0.25) is 4.79 Å². The number of aromatic nitrogens is 3. The van der Waals surface area contributed by atoms with Crippen LogP contribution in [0.3, 0.4) is 0 Å². The molecule has 1 saturated heterocycles. The molecule has 0 aliphatic carbocycles. The van der Waals surface area contributed by atoms with Crippen molar-refractivity contribution in [2.45, 2.75) is 25.8 Å². The van der Waals surface area contributed by atoms with Crippen LogP contribution in [0.4, 0.5) is 0 Å². The zero-order valence-corrected chi connectivity index (χ0v) is 14.3. The maximum atomic E-state index is 12.9. The topological polar surface area (TPSA) is 63.1 Å². The summed E-state index contributed by atoms with van der Waals surface area (Å²) in [6.45, 7) is 4.10. The maximum Gasteiger partial charge on any atom is 0.270 e. The predicted octanol–water partition coefficient (Wildman–Crippen LogP) is 3.24. The Bertz CT molecular complexity index is 869. The van der Waals surface area contributed by atoms with Gasteiger partial charge in [0.2, 0.25) is 0 Å². The van der Waals surface area contributed by atoms with Gasteiger partial charge in [0, 0.05) is 42.5 Å². The van der Waals surface area contributed by atoms with Gasteiger partial charge in [0.15, 0.2) is 0 Å². The van der Waals surface area contributed by atoms with Crippen molar-refractivity contribution in [3.05, 3.63) is 48.7 Å². The van der Waals surface area contributed by atoms with Gasteiger partial charge >= 0.3 is 0 Å². The van der Waals surface area contributed by atoms with E-state index in [0.717, 1.165) is 42.6 Å². The number of benzene rings is 1. The molecule has 1 N–H and O–H groups in total. The number of piperidine rings is 1. The molecule has 1 fully saturated rings. The molecule has 1 amide bonds. The molecule has 1 aliphatic rings. The van der Waals surface area contributed by atoms with Crippen LogP contribution >= 0.6 is 0 Å². The maximum absolute atomic E-state index is 12.9. The van der Waals surface area contributed by atoms with Crippen LogP contribution in [0.2, 0.25) is 0 Å². The third kappa shape index (κ3) is 3.12. The molecule has 6 heteroatoms. The Kier molecular flexibility index (Phi) is 4.17. The summed E-state index contributed by atoms with van der Waals surface area (Å²) >= 11 is 0. The number of ether oxygens (including phenoxy) is 1. The van der Waals surface area contributed by atoms with E-state index in [1.807, 2.05) is 48.6 Å². The van der Waals surface area contributed by atoms with Crippen LogP contribution in [0.15, 0.2) is 43.0 Å². The van der Waals surface area contributed by atoms with Crippen molar-refractivity contribution in [3.63, 3.8) is 0 Å². The van der Waals surface area contributed by atoms with Crippen LogP contribution in [0.25, 0.3) is 10.9 Å². The number of nitrogens with one attached hydrogen (secondary N) is 1. The van der Waals surface area contributed by atoms with Crippen molar-refractivity contribution >= 4 is 16.8 Å². The summed E-state index contributed by atoms with van der Waals surface area (Å²) in [6.07, 6.45) is 7.66. The lowest BCUT2D eigenvalue weighted by Gasteiger charge is -2.33. The molecule has 0 radical (unpaired) electrons. The zero-order chi connectivity index (χ0) is 17.2. The number of carbonyl (C=O) groups excluding carboxylic acids is 1. The third-order valence-electron chi connectivity index (χ3n) is 4.77. The van der Waals surface area contributed by atoms with Crippen molar-refractivity contribution in [2.75, 3.05) is 19.7 Å². The van der Waals surface area contributed by atoms with Gasteiger partial charge in [0.25, 0.3) is 5.91 Å². The molecule has 130 valence electrons. The van der Waals surface area contributed by atoms with Gasteiger partial charge in [-0.1, -0.05) is 0 Å². The van der Waals surface area contributed by atoms with Crippen LogP contribution in [0, 0.1) is 0 Å². The van der Waals surface area contributed by atoms with Crippen LogP contribution in [-0.4, -0.2) is 45.0 Å². The number of hydrogen-bond acceptors (Lipinski definition) is 3. The minimum atomic E-state index is 0.0546. The van der Waals surface area contributed by atoms with Crippen LogP contribution in [0.5, 0.6) is 5.75 Å². The average Bonchev–Trinajstić information content (AvgIpc) is 3.31. The number of carbonyl (C=O) groups is 1. The summed E-state index contributed by atoms with van der Waals surface area (Å²) < 4.78 is 7.63. The van der Waals surface area contributed by atoms with Gasteiger partial charge in [0.05, 0.1) is 19.0 Å². The Labute approximate surface area is 146 Å². The zero-order valence-electron chi connectivity index (χ0n) is 14.3. The van der Waals surface area contributed by atoms with E-state index in [-0.39, 0.29) is 5.91 Å². The first-order valence-corrected chi connectivity index (χ1v) is 8.77. The van der Waals surface area contributed by atoms with E-state index < -0.39 is 0 Å². The second-order valence-corrected chi connectivity index (χ2v) is 6.42. The first-order chi connectivity index (χ1) is 12.2. The van der Waals surface area contributed by atoms with E-state index in [4.69, 9.17) is 4.74 Å². The molecule has 0 unspecified atom stereocenters. The standard InChI is InChI=1S/C19H22N4O2/c1-2-25-16-6-5-14-10-18(21-17(14)11-16)19(24)22-8-3-4-15(12-22)23-9-7-20-13-23/h5-7,9-11,13,15,21H,2-4,8,12H2,1H3/t15-/m1/s1. The monoisotopic (exact) mass is 338 g/mol. The molecule has 0 saturated carbocycles. The Morgan fingerprint density at radius 2 is 2.32 bits per heavy atom. The summed E-state index contributed by atoms with van der Waals surface area (Å²) in [4.78, 5) is 22.2. The summed E-state index contributed by atoms with van der Waals surface area (Å²) in [5, 5.41) is 1.02. The first kappa shape index (κ1) is 15.7. The second-order valence-electron chi connectivity index (χ2n) is 6.42. The van der Waals surface area contributed by atoms with Crippen molar-refractivity contribution in [3.8, 4) is 5.75 Å². The molecule has 1 aliphatic heterocycles. The van der Waals surface area contributed by atoms with Gasteiger partial charge in [0.1, 0.15) is 11.4 Å². The molecule has 3 aromatic rings. The lowest BCUT2D eigenvalue weighted by Crippen LogP contribution is -2.40. The highest BCUT2D eigenvalue weighted by atomic mass is 16.5. The Hall–Kier alpha value is -2.76. The number of rotatable bonds is 4. The molecule has 0 bridgehead atoms. The molecule has 2 aromatic heterocycles. The number of hydrogen-bond donors (Lipinski definition) is 1. The normalized spacial score (nSPS) is 17.8. The van der Waals surface area contributed by atoms with Crippen molar-refractivity contribution in [1.82, 2.24) is 19.4 Å². The fourth-order valence-electron chi connectivity index (χ4n) is 3.52. The molecule has 0 spiro atoms. The fraction of sp³-hybridized carbons (Fsp3) is 0.368. The molecule has 1 aromatic carbocycles. The van der Waals surface area contributed by atoms with E-state index in [2.05, 4.69) is 14.5 Å². The highest BCUT2D eigenvalue weighted by molar-refractivity contribution is 5.98. The molecule has 1 atom stereocenters. The SMILES string of the molecule is CCOc1ccc2cc(C(=O)N3CCC[C@@H](n4ccnc4)C3)[nH]c2c1. The summed E-state index contributed by atoms with van der Waals surface area (Å²) in [7, 11) is 0. The van der Waals surface area contributed by atoms with E-state index in [1.165, 1.54) is 0 Å². The third-order valence-corrected chi connectivity index (χ3v) is 4.77. The molecule has 4 rings (SSSR count). The lowest BCUT2D eigenvalue weighted by molar-refractivity contribution is 0.0674. The van der Waals surface area contributed by atoms with Gasteiger partial charge in [-0.2, -0.15) is 0 Å². The predicted molar refractivity (Wildman–Crippen MR) is 95.9 cm³/mol. The summed E-state index contributed by atoms with van der Waals surface area (Å²) in [5.74, 6) is 0.868. The first-order valence-electron chi connectivity index (χ1n) is 8.77. The number of aromatic amines is 1. The van der Waals surface area contributed by atoms with Gasteiger partial charge < -0.3 is 19.2 Å².